The Bertz CT molecular complexity index is 1250. The van der Waals surface area contributed by atoms with Crippen molar-refractivity contribution in [2.24, 2.45) is 0 Å². The second-order valence-corrected chi connectivity index (χ2v) is 8.89. The fourth-order valence-corrected chi connectivity index (χ4v) is 4.44. The minimum absolute atomic E-state index is 0.0405. The van der Waals surface area contributed by atoms with Crippen LogP contribution in [0.2, 0.25) is 0 Å². The fourth-order valence-electron chi connectivity index (χ4n) is 4.44. The van der Waals surface area contributed by atoms with E-state index in [2.05, 4.69) is 29.6 Å². The van der Waals surface area contributed by atoms with Crippen molar-refractivity contribution in [2.75, 3.05) is 5.32 Å². The summed E-state index contributed by atoms with van der Waals surface area (Å²) < 4.78 is 12.3. The first kappa shape index (κ1) is 22.0. The quantitative estimate of drug-likeness (QED) is 0.316. The molecule has 34 heavy (non-hydrogen) atoms. The van der Waals surface area contributed by atoms with Crippen LogP contribution in [0.5, 0.6) is 17.2 Å². The lowest BCUT2D eigenvalue weighted by atomic mass is 9.98. The first-order valence-corrected chi connectivity index (χ1v) is 12.0. The van der Waals surface area contributed by atoms with Crippen molar-refractivity contribution >= 4 is 22.4 Å². The first-order valence-electron chi connectivity index (χ1n) is 12.0. The lowest BCUT2D eigenvalue weighted by Crippen LogP contribution is -2.19. The molecular weight excluding hydrogens is 422 g/mol. The van der Waals surface area contributed by atoms with Gasteiger partial charge in [-0.2, -0.15) is 0 Å². The predicted octanol–water partition coefficient (Wildman–Crippen LogP) is 7.52. The van der Waals surface area contributed by atoms with Gasteiger partial charge in [-0.15, -0.1) is 0 Å². The fraction of sp³-hybridized carbons (Fsp3) is 0.233. The van der Waals surface area contributed by atoms with E-state index in [1.54, 1.807) is 0 Å². The lowest BCUT2D eigenvalue weighted by molar-refractivity contribution is -0.115. The van der Waals surface area contributed by atoms with Gasteiger partial charge in [0.1, 0.15) is 17.2 Å². The molecule has 4 heteroatoms. The molecule has 0 bridgehead atoms. The van der Waals surface area contributed by atoms with Crippen molar-refractivity contribution in [1.29, 1.82) is 0 Å². The highest BCUT2D eigenvalue weighted by Crippen LogP contribution is 2.30. The topological polar surface area (TPSA) is 47.6 Å². The summed E-state index contributed by atoms with van der Waals surface area (Å²) in [7, 11) is 0. The van der Waals surface area contributed by atoms with Gasteiger partial charge in [0.15, 0.2) is 0 Å². The summed E-state index contributed by atoms with van der Waals surface area (Å²) >= 11 is 0. The molecule has 1 fully saturated rings. The summed E-state index contributed by atoms with van der Waals surface area (Å²) in [6.07, 6.45) is 6.83. The molecule has 0 radical (unpaired) electrons. The van der Waals surface area contributed by atoms with Gasteiger partial charge in [-0.05, 0) is 90.6 Å². The van der Waals surface area contributed by atoms with Crippen molar-refractivity contribution in [1.82, 2.24) is 0 Å². The standard InChI is InChI=1S/C30H29NO3/c32-30(31-25-7-3-1-4-8-25)19-22-11-15-27(16-12-22)34-29-18-14-23-20-28(17-13-24(23)21-29)33-26-9-5-2-6-10-26/h1,3-4,7-8,11-18,20-21,26H,2,5-6,9-10,19H2,(H,31,32). The number of carbonyl (C=O) groups is 1. The van der Waals surface area contributed by atoms with Crippen molar-refractivity contribution in [3.05, 3.63) is 96.6 Å². The summed E-state index contributed by atoms with van der Waals surface area (Å²) in [5.74, 6) is 2.42. The third kappa shape index (κ3) is 5.76. The van der Waals surface area contributed by atoms with Gasteiger partial charge in [-0.3, -0.25) is 4.79 Å². The number of hydrogen-bond acceptors (Lipinski definition) is 3. The molecule has 1 amide bonds. The van der Waals surface area contributed by atoms with E-state index in [1.807, 2.05) is 66.7 Å². The van der Waals surface area contributed by atoms with Crippen LogP contribution in [0.25, 0.3) is 10.8 Å². The Morgan fingerprint density at radius 1 is 0.735 bits per heavy atom. The minimum Gasteiger partial charge on any atom is -0.490 e. The summed E-state index contributed by atoms with van der Waals surface area (Å²) in [5.41, 5.74) is 1.74. The number of ether oxygens (including phenoxy) is 2. The summed E-state index contributed by atoms with van der Waals surface area (Å²) in [5, 5.41) is 5.16. The van der Waals surface area contributed by atoms with E-state index in [-0.39, 0.29) is 5.91 Å². The molecule has 0 aromatic heterocycles. The monoisotopic (exact) mass is 451 g/mol. The summed E-state index contributed by atoms with van der Waals surface area (Å²) in [6.45, 7) is 0. The number of anilines is 1. The molecule has 4 aromatic rings. The molecular formula is C30H29NO3. The maximum absolute atomic E-state index is 12.3. The smallest absolute Gasteiger partial charge is 0.228 e. The predicted molar refractivity (Wildman–Crippen MR) is 137 cm³/mol. The molecule has 0 atom stereocenters. The third-order valence-corrected chi connectivity index (χ3v) is 6.22. The Hall–Kier alpha value is -3.79. The molecule has 1 N–H and O–H groups in total. The largest absolute Gasteiger partial charge is 0.490 e. The number of amides is 1. The highest BCUT2D eigenvalue weighted by atomic mass is 16.5. The van der Waals surface area contributed by atoms with Gasteiger partial charge in [0.25, 0.3) is 0 Å². The second kappa shape index (κ2) is 10.4. The molecule has 1 aliphatic rings. The van der Waals surface area contributed by atoms with E-state index in [0.29, 0.717) is 12.5 Å². The normalized spacial score (nSPS) is 14.0. The highest BCUT2D eigenvalue weighted by Gasteiger charge is 2.15. The maximum atomic E-state index is 12.3. The molecule has 0 unspecified atom stereocenters. The number of carbonyl (C=O) groups excluding carboxylic acids is 1. The van der Waals surface area contributed by atoms with E-state index in [9.17, 15) is 4.79 Å². The van der Waals surface area contributed by atoms with Crippen LogP contribution in [-0.2, 0) is 11.2 Å². The lowest BCUT2D eigenvalue weighted by Gasteiger charge is -2.23. The van der Waals surface area contributed by atoms with Crippen molar-refractivity contribution in [3.8, 4) is 17.2 Å². The van der Waals surface area contributed by atoms with Crippen LogP contribution in [0, 0.1) is 0 Å². The zero-order chi connectivity index (χ0) is 23.2. The van der Waals surface area contributed by atoms with E-state index in [4.69, 9.17) is 9.47 Å². The van der Waals surface area contributed by atoms with Crippen LogP contribution >= 0.6 is 0 Å². The molecule has 1 aliphatic carbocycles. The van der Waals surface area contributed by atoms with Crippen LogP contribution in [0.1, 0.15) is 37.7 Å². The number of rotatable bonds is 7. The summed E-state index contributed by atoms with van der Waals surface area (Å²) in [4.78, 5) is 12.3. The molecule has 172 valence electrons. The Morgan fingerprint density at radius 2 is 1.38 bits per heavy atom. The first-order chi connectivity index (χ1) is 16.7. The summed E-state index contributed by atoms with van der Waals surface area (Å²) in [6, 6.07) is 29.5. The number of nitrogens with one attached hydrogen (secondary N) is 1. The maximum Gasteiger partial charge on any atom is 0.228 e. The van der Waals surface area contributed by atoms with Gasteiger partial charge in [-0.1, -0.05) is 48.9 Å². The van der Waals surface area contributed by atoms with Crippen LogP contribution in [0.4, 0.5) is 5.69 Å². The van der Waals surface area contributed by atoms with E-state index in [1.165, 1.54) is 19.3 Å². The van der Waals surface area contributed by atoms with Crippen LogP contribution in [-0.4, -0.2) is 12.0 Å². The average molecular weight is 452 g/mol. The highest BCUT2D eigenvalue weighted by molar-refractivity contribution is 5.92. The van der Waals surface area contributed by atoms with Gasteiger partial charge >= 0.3 is 0 Å². The van der Waals surface area contributed by atoms with Crippen molar-refractivity contribution in [2.45, 2.75) is 44.6 Å². The van der Waals surface area contributed by atoms with Gasteiger partial charge in [0.05, 0.1) is 12.5 Å². The van der Waals surface area contributed by atoms with Crippen LogP contribution in [0.15, 0.2) is 91.0 Å². The third-order valence-electron chi connectivity index (χ3n) is 6.22. The van der Waals surface area contributed by atoms with E-state index >= 15 is 0 Å². The Morgan fingerprint density at radius 3 is 2.12 bits per heavy atom. The second-order valence-electron chi connectivity index (χ2n) is 8.89. The van der Waals surface area contributed by atoms with Crippen molar-refractivity contribution in [3.63, 3.8) is 0 Å². The molecule has 0 spiro atoms. The van der Waals surface area contributed by atoms with Gasteiger partial charge in [0, 0.05) is 5.69 Å². The molecule has 5 rings (SSSR count). The van der Waals surface area contributed by atoms with Crippen molar-refractivity contribution < 1.29 is 14.3 Å². The SMILES string of the molecule is O=C(Cc1ccc(Oc2ccc3cc(OC4CCCCC4)ccc3c2)cc1)Nc1ccccc1. The van der Waals surface area contributed by atoms with Gasteiger partial charge < -0.3 is 14.8 Å². The Kier molecular flexibility index (Phi) is 6.76. The number of para-hydroxylation sites is 1. The molecule has 0 heterocycles. The van der Waals surface area contributed by atoms with Gasteiger partial charge in [-0.25, -0.2) is 0 Å². The Balaban J connectivity index is 1.19. The van der Waals surface area contributed by atoms with Crippen LogP contribution in [0.3, 0.4) is 0 Å². The molecule has 0 aliphatic heterocycles. The van der Waals surface area contributed by atoms with Crippen LogP contribution < -0.4 is 14.8 Å². The molecule has 4 nitrogen and oxygen atoms in total. The van der Waals surface area contributed by atoms with Gasteiger partial charge in [0.2, 0.25) is 5.91 Å². The minimum atomic E-state index is -0.0405. The molecule has 4 aromatic carbocycles. The average Bonchev–Trinajstić information content (AvgIpc) is 2.86. The Labute approximate surface area is 200 Å². The number of benzene rings is 4. The molecule has 0 saturated heterocycles. The zero-order valence-corrected chi connectivity index (χ0v) is 19.2. The van der Waals surface area contributed by atoms with E-state index < -0.39 is 0 Å². The van der Waals surface area contributed by atoms with E-state index in [0.717, 1.165) is 52.1 Å². The number of hydrogen-bond donors (Lipinski definition) is 1. The molecule has 1 saturated carbocycles. The zero-order valence-electron chi connectivity index (χ0n) is 19.2. The number of fused-ring (bicyclic) bond motifs is 1.